The molecule has 2 aliphatic heterocycles. The van der Waals surface area contributed by atoms with Gasteiger partial charge in [-0.3, -0.25) is 24.7 Å². The van der Waals surface area contributed by atoms with Gasteiger partial charge >= 0.3 is 0 Å². The normalized spacial score (nSPS) is 16.1. The van der Waals surface area contributed by atoms with Crippen molar-refractivity contribution in [1.29, 1.82) is 0 Å². The fourth-order valence-electron chi connectivity index (χ4n) is 5.37. The number of hydrogen-bond acceptors (Lipinski definition) is 9. The molecular formula is C34H32FN7O3S. The van der Waals surface area contributed by atoms with Gasteiger partial charge in [-0.2, -0.15) is 0 Å². The van der Waals surface area contributed by atoms with Crippen molar-refractivity contribution >= 4 is 40.8 Å². The van der Waals surface area contributed by atoms with E-state index in [1.165, 1.54) is 6.20 Å². The third-order valence-electron chi connectivity index (χ3n) is 7.88. The smallest absolute Gasteiger partial charge is 0.290 e. The molecule has 3 N–H and O–H groups in total. The second-order valence-corrected chi connectivity index (χ2v) is 12.1. The van der Waals surface area contributed by atoms with E-state index in [1.54, 1.807) is 42.6 Å². The zero-order valence-electron chi connectivity index (χ0n) is 24.9. The molecule has 0 spiro atoms. The highest BCUT2D eigenvalue weighted by molar-refractivity contribution is 8.18. The Morgan fingerprint density at radius 2 is 1.85 bits per heavy atom. The number of thioether (sulfide) groups is 1. The molecule has 0 atom stereocenters. The summed E-state index contributed by atoms with van der Waals surface area (Å²) >= 11 is 0.858. The van der Waals surface area contributed by atoms with Crippen LogP contribution in [-0.4, -0.2) is 51.6 Å². The molecule has 12 heteroatoms. The first-order chi connectivity index (χ1) is 22.4. The molecule has 10 nitrogen and oxygen atoms in total. The molecule has 2 aromatic carbocycles. The number of carbonyl (C=O) groups excluding carboxylic acids is 3. The van der Waals surface area contributed by atoms with Crippen molar-refractivity contribution < 1.29 is 18.8 Å². The van der Waals surface area contributed by atoms with E-state index in [4.69, 9.17) is 0 Å². The number of halogens is 1. The van der Waals surface area contributed by atoms with E-state index in [1.807, 2.05) is 36.4 Å². The number of anilines is 1. The van der Waals surface area contributed by atoms with E-state index in [9.17, 15) is 18.8 Å². The van der Waals surface area contributed by atoms with Crippen LogP contribution in [0, 0.1) is 11.7 Å². The maximum Gasteiger partial charge on any atom is 0.290 e. The summed E-state index contributed by atoms with van der Waals surface area (Å²) in [5.74, 6) is 0.000836. The molecule has 0 bridgehead atoms. The molecule has 2 aromatic heterocycles. The lowest BCUT2D eigenvalue weighted by Gasteiger charge is -2.32. The van der Waals surface area contributed by atoms with E-state index >= 15 is 0 Å². The predicted molar refractivity (Wildman–Crippen MR) is 175 cm³/mol. The number of nitrogens with zero attached hydrogens (tertiary/aromatic N) is 4. The lowest BCUT2D eigenvalue weighted by molar-refractivity contribution is -0.115. The van der Waals surface area contributed by atoms with Gasteiger partial charge in [0.15, 0.2) is 0 Å². The van der Waals surface area contributed by atoms with Crippen LogP contribution in [0.4, 0.5) is 15.1 Å². The van der Waals surface area contributed by atoms with Crippen LogP contribution in [0.1, 0.15) is 40.0 Å². The highest BCUT2D eigenvalue weighted by Crippen LogP contribution is 2.26. The topological polar surface area (TPSA) is 129 Å². The van der Waals surface area contributed by atoms with Crippen LogP contribution in [0.15, 0.2) is 84.0 Å². The van der Waals surface area contributed by atoms with Crippen LogP contribution in [0.25, 0.3) is 17.3 Å². The Morgan fingerprint density at radius 3 is 2.63 bits per heavy atom. The molecular weight excluding hydrogens is 605 g/mol. The first kappa shape index (κ1) is 31.1. The van der Waals surface area contributed by atoms with Crippen LogP contribution in [0.2, 0.25) is 0 Å². The number of piperidine rings is 1. The van der Waals surface area contributed by atoms with Gasteiger partial charge in [-0.25, -0.2) is 14.4 Å². The minimum Gasteiger partial charge on any atom is -0.348 e. The van der Waals surface area contributed by atoms with Gasteiger partial charge < -0.3 is 15.5 Å². The van der Waals surface area contributed by atoms with Gasteiger partial charge in [0.2, 0.25) is 5.95 Å². The SMILES string of the molecule is O=C1NC(=O)/C(=C/c2ccnc(N3CCC(CNCc4cc(-c5cccc(C(=O)NCc6ccccc6)c5)ncc4F)CC3)n2)S1. The quantitative estimate of drug-likeness (QED) is 0.207. The average molecular weight is 638 g/mol. The van der Waals surface area contributed by atoms with Gasteiger partial charge in [-0.15, -0.1) is 0 Å². The summed E-state index contributed by atoms with van der Waals surface area (Å²) in [6.45, 7) is 3.05. The first-order valence-corrected chi connectivity index (χ1v) is 15.8. The Kier molecular flexibility index (Phi) is 9.75. The van der Waals surface area contributed by atoms with Crippen LogP contribution >= 0.6 is 11.8 Å². The van der Waals surface area contributed by atoms with Gasteiger partial charge in [0.25, 0.3) is 17.1 Å². The van der Waals surface area contributed by atoms with Gasteiger partial charge in [0, 0.05) is 49.1 Å². The summed E-state index contributed by atoms with van der Waals surface area (Å²) in [5, 5.41) is 8.20. The van der Waals surface area contributed by atoms with Crippen LogP contribution < -0.4 is 20.9 Å². The summed E-state index contributed by atoms with van der Waals surface area (Å²) < 4.78 is 14.7. The molecule has 2 fully saturated rings. The number of pyridine rings is 1. The largest absolute Gasteiger partial charge is 0.348 e. The van der Waals surface area contributed by atoms with Crippen molar-refractivity contribution in [2.75, 3.05) is 24.5 Å². The number of imide groups is 1. The maximum atomic E-state index is 14.7. The maximum absolute atomic E-state index is 14.7. The minimum atomic E-state index is -0.417. The average Bonchev–Trinajstić information content (AvgIpc) is 3.40. The number of carbonyl (C=O) groups is 3. The fourth-order valence-corrected chi connectivity index (χ4v) is 6.04. The van der Waals surface area contributed by atoms with E-state index in [2.05, 4.69) is 35.8 Å². The summed E-state index contributed by atoms with van der Waals surface area (Å²) in [7, 11) is 0. The van der Waals surface area contributed by atoms with Crippen molar-refractivity contribution in [3.8, 4) is 11.3 Å². The number of amides is 3. The Labute approximate surface area is 269 Å². The van der Waals surface area contributed by atoms with Crippen molar-refractivity contribution in [1.82, 2.24) is 30.9 Å². The minimum absolute atomic E-state index is 0.188. The zero-order chi connectivity index (χ0) is 31.9. The van der Waals surface area contributed by atoms with Crippen molar-refractivity contribution in [2.24, 2.45) is 5.92 Å². The van der Waals surface area contributed by atoms with Crippen LogP contribution in [0.3, 0.4) is 0 Å². The summed E-state index contributed by atoms with van der Waals surface area (Å²) in [6, 6.07) is 20.3. The van der Waals surface area contributed by atoms with Crippen molar-refractivity contribution in [3.63, 3.8) is 0 Å². The Bertz CT molecular complexity index is 1780. The fraction of sp³-hybridized carbons (Fsp3) is 0.235. The van der Waals surface area contributed by atoms with Gasteiger partial charge in [0.05, 0.1) is 22.5 Å². The van der Waals surface area contributed by atoms with Gasteiger partial charge in [-0.05, 0) is 73.0 Å². The molecule has 4 heterocycles. The summed E-state index contributed by atoms with van der Waals surface area (Å²) in [5.41, 5.74) is 3.94. The molecule has 46 heavy (non-hydrogen) atoms. The van der Waals surface area contributed by atoms with Crippen LogP contribution in [0.5, 0.6) is 0 Å². The van der Waals surface area contributed by atoms with Crippen molar-refractivity contribution in [2.45, 2.75) is 25.9 Å². The lowest BCUT2D eigenvalue weighted by atomic mass is 9.97. The second-order valence-electron chi connectivity index (χ2n) is 11.1. The van der Waals surface area contributed by atoms with Crippen molar-refractivity contribution in [3.05, 3.63) is 112 Å². The lowest BCUT2D eigenvalue weighted by Crippen LogP contribution is -2.38. The Morgan fingerprint density at radius 1 is 1.02 bits per heavy atom. The monoisotopic (exact) mass is 637 g/mol. The molecule has 234 valence electrons. The molecule has 2 saturated heterocycles. The molecule has 0 saturated carbocycles. The Hall–Kier alpha value is -4.94. The van der Waals surface area contributed by atoms with E-state index in [-0.39, 0.29) is 17.0 Å². The number of rotatable bonds is 10. The summed E-state index contributed by atoms with van der Waals surface area (Å²) in [4.78, 5) is 51.8. The number of hydrogen-bond donors (Lipinski definition) is 3. The highest BCUT2D eigenvalue weighted by atomic mass is 32.2. The first-order valence-electron chi connectivity index (χ1n) is 15.0. The molecule has 6 rings (SSSR count). The number of benzene rings is 2. The Balaban J connectivity index is 1.00. The van der Waals surface area contributed by atoms with Crippen LogP contribution in [-0.2, 0) is 17.9 Å². The van der Waals surface area contributed by atoms with Gasteiger partial charge in [0.1, 0.15) is 5.82 Å². The molecule has 0 unspecified atom stereocenters. The summed E-state index contributed by atoms with van der Waals surface area (Å²) in [6.07, 6.45) is 6.30. The number of nitrogens with one attached hydrogen (secondary N) is 3. The molecule has 0 radical (unpaired) electrons. The highest BCUT2D eigenvalue weighted by Gasteiger charge is 2.26. The second kappa shape index (κ2) is 14.4. The molecule has 0 aliphatic carbocycles. The standard InChI is InChI=1S/C34H32FN7O3S/c35-28-21-38-29(24-7-4-8-25(15-24)31(43)39-19-22-5-2-1-3-6-22)16-26(28)20-36-18-23-10-13-42(14-11-23)33-37-12-9-27(40-33)17-30-32(44)41-34(45)46-30/h1-9,12,15-17,21,23,36H,10-11,13-14,18-20H2,(H,39,43)(H,41,44,45)/b30-17-. The molecule has 4 aromatic rings. The molecule has 2 aliphatic rings. The molecule has 3 amide bonds. The predicted octanol–water partition coefficient (Wildman–Crippen LogP) is 4.94. The van der Waals surface area contributed by atoms with E-state index < -0.39 is 5.91 Å². The number of aromatic nitrogens is 3. The third-order valence-corrected chi connectivity index (χ3v) is 8.69. The van der Waals surface area contributed by atoms with E-state index in [0.717, 1.165) is 55.4 Å². The van der Waals surface area contributed by atoms with Gasteiger partial charge in [-0.1, -0.05) is 42.5 Å². The zero-order valence-corrected chi connectivity index (χ0v) is 25.7. The third kappa shape index (κ3) is 7.82. The van der Waals surface area contributed by atoms with E-state index in [0.29, 0.717) is 52.4 Å².